The SMILES string of the molecule is CCCCCC(=O)c1cc2c(cc1C=COC(=O)c1ccccc1)C(C)(C)CCC2(C)C. The summed E-state index contributed by atoms with van der Waals surface area (Å²) in [6, 6.07) is 13.2. The molecule has 2 aromatic carbocycles. The number of benzene rings is 2. The summed E-state index contributed by atoms with van der Waals surface area (Å²) in [4.78, 5) is 25.5. The third-order valence-electron chi connectivity index (χ3n) is 6.76. The molecule has 3 nitrogen and oxygen atoms in total. The van der Waals surface area contributed by atoms with Crippen molar-refractivity contribution in [3.05, 3.63) is 76.5 Å². The maximum absolute atomic E-state index is 13.2. The van der Waals surface area contributed by atoms with Gasteiger partial charge in [0, 0.05) is 12.0 Å². The van der Waals surface area contributed by atoms with Gasteiger partial charge in [-0.2, -0.15) is 0 Å². The van der Waals surface area contributed by atoms with Crippen molar-refractivity contribution in [3.63, 3.8) is 0 Å². The van der Waals surface area contributed by atoms with E-state index < -0.39 is 5.97 Å². The van der Waals surface area contributed by atoms with E-state index in [1.165, 1.54) is 17.4 Å². The second-order valence-electron chi connectivity index (χ2n) is 10.2. The summed E-state index contributed by atoms with van der Waals surface area (Å²) >= 11 is 0. The molecule has 0 bridgehead atoms. The van der Waals surface area contributed by atoms with E-state index in [9.17, 15) is 9.59 Å². The number of unbranched alkanes of at least 4 members (excludes halogenated alkanes) is 2. The zero-order valence-corrected chi connectivity index (χ0v) is 20.2. The van der Waals surface area contributed by atoms with Crippen LogP contribution in [0.5, 0.6) is 0 Å². The summed E-state index contributed by atoms with van der Waals surface area (Å²) in [6.07, 6.45) is 8.96. The predicted molar refractivity (Wildman–Crippen MR) is 131 cm³/mol. The van der Waals surface area contributed by atoms with Crippen molar-refractivity contribution in [2.24, 2.45) is 0 Å². The van der Waals surface area contributed by atoms with Gasteiger partial charge in [-0.1, -0.05) is 71.7 Å². The fourth-order valence-electron chi connectivity index (χ4n) is 4.49. The first-order chi connectivity index (χ1) is 15.2. The largest absolute Gasteiger partial charge is 0.431 e. The number of carbonyl (C=O) groups is 2. The summed E-state index contributed by atoms with van der Waals surface area (Å²) in [7, 11) is 0. The molecule has 0 amide bonds. The van der Waals surface area contributed by atoms with Gasteiger partial charge >= 0.3 is 5.97 Å². The number of rotatable bonds is 8. The van der Waals surface area contributed by atoms with E-state index >= 15 is 0 Å². The Morgan fingerprint density at radius 3 is 2.19 bits per heavy atom. The van der Waals surface area contributed by atoms with Crippen molar-refractivity contribution in [2.75, 3.05) is 0 Å². The third kappa shape index (κ3) is 5.38. The monoisotopic (exact) mass is 432 g/mol. The number of ketones is 1. The van der Waals surface area contributed by atoms with E-state index in [0.717, 1.165) is 43.2 Å². The molecule has 1 aliphatic rings. The van der Waals surface area contributed by atoms with Crippen LogP contribution in [0.25, 0.3) is 6.08 Å². The van der Waals surface area contributed by atoms with Crippen molar-refractivity contribution in [2.45, 2.75) is 84.0 Å². The number of ether oxygens (including phenoxy) is 1. The van der Waals surface area contributed by atoms with Gasteiger partial charge in [0.15, 0.2) is 5.78 Å². The minimum absolute atomic E-state index is 0.0331. The fraction of sp³-hybridized carbons (Fsp3) is 0.448. The Kier molecular flexibility index (Phi) is 7.38. The number of fused-ring (bicyclic) bond motifs is 1. The van der Waals surface area contributed by atoms with Gasteiger partial charge in [0.25, 0.3) is 0 Å². The standard InChI is InChI=1S/C29H36O3/c1-6-7-9-14-26(30)23-20-25-24(28(2,3)16-17-29(25,4)5)19-22(23)15-18-32-27(31)21-12-10-8-11-13-21/h8,10-13,15,18-20H,6-7,9,14,16-17H2,1-5H3. The highest BCUT2D eigenvalue weighted by Crippen LogP contribution is 2.46. The maximum atomic E-state index is 13.2. The minimum atomic E-state index is -0.405. The lowest BCUT2D eigenvalue weighted by atomic mass is 9.62. The van der Waals surface area contributed by atoms with Gasteiger partial charge < -0.3 is 4.74 Å². The van der Waals surface area contributed by atoms with Crippen molar-refractivity contribution in [1.82, 2.24) is 0 Å². The fourth-order valence-corrected chi connectivity index (χ4v) is 4.49. The molecule has 0 radical (unpaired) electrons. The lowest BCUT2D eigenvalue weighted by Gasteiger charge is -2.42. The molecule has 0 atom stereocenters. The van der Waals surface area contributed by atoms with Crippen LogP contribution in [0, 0.1) is 0 Å². The zero-order chi connectivity index (χ0) is 23.4. The van der Waals surface area contributed by atoms with Crippen LogP contribution in [-0.2, 0) is 15.6 Å². The third-order valence-corrected chi connectivity index (χ3v) is 6.76. The summed E-state index contributed by atoms with van der Waals surface area (Å²) < 4.78 is 5.37. The van der Waals surface area contributed by atoms with E-state index in [1.54, 1.807) is 30.3 Å². The minimum Gasteiger partial charge on any atom is -0.431 e. The van der Waals surface area contributed by atoms with Crippen LogP contribution >= 0.6 is 0 Å². The molecule has 170 valence electrons. The van der Waals surface area contributed by atoms with Gasteiger partial charge in [-0.3, -0.25) is 4.79 Å². The lowest BCUT2D eigenvalue weighted by molar-refractivity contribution is 0.0665. The molecule has 0 fully saturated rings. The van der Waals surface area contributed by atoms with Crippen LogP contribution in [-0.4, -0.2) is 11.8 Å². The van der Waals surface area contributed by atoms with E-state index in [4.69, 9.17) is 4.74 Å². The van der Waals surface area contributed by atoms with Crippen LogP contribution in [0.1, 0.15) is 111 Å². The summed E-state index contributed by atoms with van der Waals surface area (Å²) in [6.45, 7) is 11.2. The smallest absolute Gasteiger partial charge is 0.342 e. The second kappa shape index (κ2) is 9.85. The molecule has 0 aromatic heterocycles. The molecule has 32 heavy (non-hydrogen) atoms. The molecule has 3 heteroatoms. The molecular formula is C29H36O3. The van der Waals surface area contributed by atoms with Crippen molar-refractivity contribution in [1.29, 1.82) is 0 Å². The Bertz CT molecular complexity index is 997. The number of esters is 1. The Balaban J connectivity index is 1.97. The molecule has 3 rings (SSSR count). The normalized spacial score (nSPS) is 16.5. The first kappa shape index (κ1) is 24.0. The van der Waals surface area contributed by atoms with Gasteiger partial charge in [0.2, 0.25) is 0 Å². The summed E-state index contributed by atoms with van der Waals surface area (Å²) in [5.74, 6) is -0.244. The van der Waals surface area contributed by atoms with E-state index in [2.05, 4.69) is 46.8 Å². The average molecular weight is 433 g/mol. The van der Waals surface area contributed by atoms with Crippen LogP contribution in [0.2, 0.25) is 0 Å². The van der Waals surface area contributed by atoms with Gasteiger partial charge in [0.1, 0.15) is 0 Å². The lowest BCUT2D eigenvalue weighted by Crippen LogP contribution is -2.34. The number of hydrogen-bond donors (Lipinski definition) is 0. The van der Waals surface area contributed by atoms with Crippen LogP contribution in [0.4, 0.5) is 0 Å². The highest BCUT2D eigenvalue weighted by molar-refractivity contribution is 6.00. The molecule has 0 aliphatic heterocycles. The van der Waals surface area contributed by atoms with Crippen molar-refractivity contribution >= 4 is 17.8 Å². The Morgan fingerprint density at radius 2 is 1.56 bits per heavy atom. The van der Waals surface area contributed by atoms with E-state index in [0.29, 0.717) is 12.0 Å². The molecule has 0 N–H and O–H groups in total. The first-order valence-electron chi connectivity index (χ1n) is 11.8. The van der Waals surface area contributed by atoms with Gasteiger partial charge in [-0.05, 0) is 71.1 Å². The Labute approximate surface area is 192 Å². The van der Waals surface area contributed by atoms with Crippen LogP contribution in [0.15, 0.2) is 48.7 Å². The zero-order valence-electron chi connectivity index (χ0n) is 20.2. The number of carbonyl (C=O) groups excluding carboxylic acids is 2. The van der Waals surface area contributed by atoms with E-state index in [1.807, 2.05) is 6.07 Å². The van der Waals surface area contributed by atoms with Gasteiger partial charge in [0.05, 0.1) is 11.8 Å². The first-order valence-corrected chi connectivity index (χ1v) is 11.8. The molecule has 0 unspecified atom stereocenters. The maximum Gasteiger partial charge on any atom is 0.342 e. The summed E-state index contributed by atoms with van der Waals surface area (Å²) in [5.41, 5.74) is 4.69. The highest BCUT2D eigenvalue weighted by Gasteiger charge is 2.38. The molecule has 2 aromatic rings. The van der Waals surface area contributed by atoms with Crippen LogP contribution < -0.4 is 0 Å². The van der Waals surface area contributed by atoms with Gasteiger partial charge in [-0.25, -0.2) is 4.79 Å². The Hall–Kier alpha value is -2.68. The molecule has 0 saturated heterocycles. The topological polar surface area (TPSA) is 43.4 Å². The molecule has 0 spiro atoms. The average Bonchev–Trinajstić information content (AvgIpc) is 2.77. The molecule has 1 aliphatic carbocycles. The van der Waals surface area contributed by atoms with E-state index in [-0.39, 0.29) is 16.6 Å². The molecule has 0 saturated carbocycles. The van der Waals surface area contributed by atoms with Gasteiger partial charge in [-0.15, -0.1) is 0 Å². The van der Waals surface area contributed by atoms with Crippen molar-refractivity contribution < 1.29 is 14.3 Å². The predicted octanol–water partition coefficient (Wildman–Crippen LogP) is 7.63. The quantitative estimate of drug-likeness (QED) is 0.186. The number of Topliss-reactive ketones (excluding diaryl/α,β-unsaturated/α-hetero) is 1. The highest BCUT2D eigenvalue weighted by atomic mass is 16.5. The van der Waals surface area contributed by atoms with Crippen molar-refractivity contribution in [3.8, 4) is 0 Å². The Morgan fingerprint density at radius 1 is 0.938 bits per heavy atom. The molecule has 0 heterocycles. The molecular weight excluding hydrogens is 396 g/mol. The second-order valence-corrected chi connectivity index (χ2v) is 10.2. The number of hydrogen-bond acceptors (Lipinski definition) is 3. The van der Waals surface area contributed by atoms with Crippen LogP contribution in [0.3, 0.4) is 0 Å². The summed E-state index contributed by atoms with van der Waals surface area (Å²) in [5, 5.41) is 0.